The SMILES string of the molecule is CC(C)C[C@H](CC(=O)[C@@H](NC(=O)c1cccc(-c2ccccc2)n1)[C@@H](C)O)B1OC(=O)[C@H]2CNC[C@@H](C(=O)O1)N2C. The van der Waals surface area contributed by atoms with Crippen LogP contribution < -0.4 is 10.6 Å². The molecule has 1 aromatic heterocycles. The number of hydrogen-bond donors (Lipinski definition) is 3. The van der Waals surface area contributed by atoms with E-state index in [1.54, 1.807) is 24.1 Å². The molecule has 218 valence electrons. The number of hydrogen-bond acceptors (Lipinski definition) is 10. The van der Waals surface area contributed by atoms with Crippen molar-refractivity contribution in [1.29, 1.82) is 0 Å². The summed E-state index contributed by atoms with van der Waals surface area (Å²) < 4.78 is 11.3. The molecule has 4 rings (SSSR count). The molecule has 11 nitrogen and oxygen atoms in total. The molecule has 12 heteroatoms. The highest BCUT2D eigenvalue weighted by Crippen LogP contribution is 2.30. The number of rotatable bonds is 10. The Morgan fingerprint density at radius 1 is 1.05 bits per heavy atom. The number of carbonyl (C=O) groups excluding carboxylic acids is 4. The first kappa shape index (κ1) is 30.4. The van der Waals surface area contributed by atoms with Gasteiger partial charge in [0.15, 0.2) is 5.78 Å². The van der Waals surface area contributed by atoms with E-state index < -0.39 is 60.8 Å². The van der Waals surface area contributed by atoms with Crippen molar-refractivity contribution in [3.05, 3.63) is 54.2 Å². The molecule has 1 aromatic carbocycles. The van der Waals surface area contributed by atoms with Crippen LogP contribution in [0, 0.1) is 5.92 Å². The van der Waals surface area contributed by atoms with Crippen LogP contribution in [0.5, 0.6) is 0 Å². The summed E-state index contributed by atoms with van der Waals surface area (Å²) >= 11 is 0. The third-order valence-corrected chi connectivity index (χ3v) is 7.46. The molecule has 1 amide bonds. The van der Waals surface area contributed by atoms with E-state index in [4.69, 9.17) is 9.31 Å². The predicted molar refractivity (Wildman–Crippen MR) is 152 cm³/mol. The Kier molecular flexibility index (Phi) is 9.90. The normalized spacial score (nSPS) is 21.7. The highest BCUT2D eigenvalue weighted by molar-refractivity contribution is 6.51. The molecule has 5 atom stereocenters. The van der Waals surface area contributed by atoms with Crippen molar-refractivity contribution in [2.45, 2.75) is 63.7 Å². The number of carbonyl (C=O) groups is 4. The molecule has 2 bridgehead atoms. The lowest BCUT2D eigenvalue weighted by atomic mass is 9.64. The average molecular weight is 564 g/mol. The lowest BCUT2D eigenvalue weighted by molar-refractivity contribution is -0.156. The number of benzene rings is 1. The van der Waals surface area contributed by atoms with Crippen LogP contribution in [-0.4, -0.2) is 90.1 Å². The van der Waals surface area contributed by atoms with Crippen LogP contribution in [-0.2, 0) is 23.7 Å². The molecule has 0 spiro atoms. The van der Waals surface area contributed by atoms with Crippen molar-refractivity contribution in [3.63, 3.8) is 0 Å². The van der Waals surface area contributed by atoms with Gasteiger partial charge in [0.1, 0.15) is 23.8 Å². The zero-order valence-corrected chi connectivity index (χ0v) is 23.8. The molecule has 0 saturated carbocycles. The molecule has 3 N–H and O–H groups in total. The van der Waals surface area contributed by atoms with Gasteiger partial charge in [-0.1, -0.05) is 50.2 Å². The maximum absolute atomic E-state index is 13.5. The summed E-state index contributed by atoms with van der Waals surface area (Å²) in [5, 5.41) is 16.2. The molecular weight excluding hydrogens is 527 g/mol. The zero-order valence-electron chi connectivity index (χ0n) is 23.8. The van der Waals surface area contributed by atoms with Crippen molar-refractivity contribution in [2.24, 2.45) is 5.92 Å². The Morgan fingerprint density at radius 2 is 1.68 bits per heavy atom. The van der Waals surface area contributed by atoms with Crippen LogP contribution in [0.1, 0.15) is 44.1 Å². The van der Waals surface area contributed by atoms with Crippen molar-refractivity contribution >= 4 is 30.7 Å². The van der Waals surface area contributed by atoms with E-state index in [0.29, 0.717) is 25.2 Å². The number of ketones is 1. The Hall–Kier alpha value is -3.61. The summed E-state index contributed by atoms with van der Waals surface area (Å²) in [6, 6.07) is 11.8. The van der Waals surface area contributed by atoms with Crippen LogP contribution in [0.4, 0.5) is 0 Å². The second-order valence-corrected chi connectivity index (χ2v) is 11.1. The van der Waals surface area contributed by atoms with Crippen molar-refractivity contribution in [1.82, 2.24) is 20.5 Å². The van der Waals surface area contributed by atoms with Gasteiger partial charge in [0.05, 0.1) is 11.8 Å². The minimum absolute atomic E-state index is 0.0732. The molecule has 41 heavy (non-hydrogen) atoms. The Labute approximate surface area is 240 Å². The second kappa shape index (κ2) is 13.4. The molecule has 2 saturated heterocycles. The molecule has 2 aliphatic heterocycles. The highest BCUT2D eigenvalue weighted by Gasteiger charge is 2.48. The third-order valence-electron chi connectivity index (χ3n) is 7.46. The topological polar surface area (TPSA) is 147 Å². The maximum Gasteiger partial charge on any atom is 0.602 e. The van der Waals surface area contributed by atoms with Gasteiger partial charge < -0.3 is 25.0 Å². The highest BCUT2D eigenvalue weighted by atomic mass is 16.6. The van der Waals surface area contributed by atoms with Crippen LogP contribution in [0.2, 0.25) is 5.82 Å². The second-order valence-electron chi connectivity index (χ2n) is 11.1. The minimum atomic E-state index is -1.27. The van der Waals surface area contributed by atoms with Gasteiger partial charge in [0.2, 0.25) is 0 Å². The average Bonchev–Trinajstić information content (AvgIpc) is 2.94. The zero-order chi connectivity index (χ0) is 29.7. The summed E-state index contributed by atoms with van der Waals surface area (Å²) in [6.45, 7) is 5.95. The van der Waals surface area contributed by atoms with Crippen LogP contribution in [0.3, 0.4) is 0 Å². The fraction of sp³-hybridized carbons (Fsp3) is 0.483. The molecule has 0 radical (unpaired) electrons. The summed E-state index contributed by atoms with van der Waals surface area (Å²) in [5.74, 6) is -2.79. The van der Waals surface area contributed by atoms with Gasteiger partial charge in [-0.05, 0) is 38.4 Å². The number of pyridine rings is 1. The van der Waals surface area contributed by atoms with E-state index in [1.165, 1.54) is 13.0 Å². The van der Waals surface area contributed by atoms with Gasteiger partial charge in [-0.2, -0.15) is 0 Å². The summed E-state index contributed by atoms with van der Waals surface area (Å²) in [4.78, 5) is 58.7. The summed E-state index contributed by atoms with van der Waals surface area (Å²) in [6.07, 6.45) is -1.01. The number of piperazine rings is 1. The summed E-state index contributed by atoms with van der Waals surface area (Å²) in [5.41, 5.74) is 1.51. The molecule has 0 unspecified atom stereocenters. The number of aliphatic hydroxyl groups excluding tert-OH is 1. The number of likely N-dealkylation sites (N-methyl/N-ethyl adjacent to an activating group) is 1. The smallest absolute Gasteiger partial charge is 0.498 e. The first-order valence-electron chi connectivity index (χ1n) is 13.9. The van der Waals surface area contributed by atoms with Crippen LogP contribution in [0.25, 0.3) is 11.3 Å². The van der Waals surface area contributed by atoms with E-state index in [2.05, 4.69) is 15.6 Å². The Bertz CT molecular complexity index is 1230. The van der Waals surface area contributed by atoms with E-state index in [0.717, 1.165) is 5.56 Å². The first-order valence-corrected chi connectivity index (χ1v) is 13.9. The predicted octanol–water partition coefficient (Wildman–Crippen LogP) is 1.46. The number of fused-ring (bicyclic) bond motifs is 2. The van der Waals surface area contributed by atoms with E-state index in [1.807, 2.05) is 44.2 Å². The Balaban J connectivity index is 1.51. The first-order chi connectivity index (χ1) is 19.5. The number of amides is 1. The number of aromatic nitrogens is 1. The van der Waals surface area contributed by atoms with Gasteiger partial charge in [0.25, 0.3) is 5.91 Å². The van der Waals surface area contributed by atoms with Gasteiger partial charge >= 0.3 is 19.1 Å². The van der Waals surface area contributed by atoms with Crippen LogP contribution in [0.15, 0.2) is 48.5 Å². The van der Waals surface area contributed by atoms with E-state index in [-0.39, 0.29) is 18.0 Å². The fourth-order valence-electron chi connectivity index (χ4n) is 5.26. The minimum Gasteiger partial charge on any atom is -0.498 e. The summed E-state index contributed by atoms with van der Waals surface area (Å²) in [7, 11) is 0.404. The van der Waals surface area contributed by atoms with Crippen molar-refractivity contribution in [3.8, 4) is 11.3 Å². The molecule has 3 heterocycles. The Morgan fingerprint density at radius 3 is 2.27 bits per heavy atom. The largest absolute Gasteiger partial charge is 0.602 e. The number of nitrogens with one attached hydrogen (secondary N) is 2. The molecular formula is C29H37BN4O7. The maximum atomic E-state index is 13.5. The number of aliphatic hydroxyl groups is 1. The monoisotopic (exact) mass is 564 g/mol. The van der Waals surface area contributed by atoms with Crippen LogP contribution >= 0.6 is 0 Å². The number of nitrogens with zero attached hydrogens (tertiary/aromatic N) is 2. The van der Waals surface area contributed by atoms with Gasteiger partial charge in [0, 0.05) is 30.9 Å². The molecule has 2 aromatic rings. The quantitative estimate of drug-likeness (QED) is 0.363. The van der Waals surface area contributed by atoms with Crippen molar-refractivity contribution in [2.75, 3.05) is 20.1 Å². The molecule has 2 aliphatic rings. The fourth-order valence-corrected chi connectivity index (χ4v) is 5.26. The van der Waals surface area contributed by atoms with Gasteiger partial charge in [-0.15, -0.1) is 0 Å². The molecule has 2 fully saturated rings. The van der Waals surface area contributed by atoms with Gasteiger partial charge in [-0.25, -0.2) is 4.98 Å². The van der Waals surface area contributed by atoms with Crippen molar-refractivity contribution < 1.29 is 33.6 Å². The lowest BCUT2D eigenvalue weighted by Gasteiger charge is -2.40. The standard InChI is InChI=1S/C29H37BN4O7/c1-17(2)13-20(30-40-28(38)23-15-31-16-24(34(23)4)29(39)41-30)14-25(36)26(18(3)35)33-27(37)22-12-8-11-21(32-22)19-9-6-5-7-10-19/h5-12,17-18,20,23-24,26,31,35H,13-16H2,1-4H3,(H,33,37)/t18-,20-,23-,24+,26+/m1/s1. The lowest BCUT2D eigenvalue weighted by Crippen LogP contribution is -2.64. The molecule has 0 aliphatic carbocycles. The number of Topliss-reactive ketones (excluding diaryl/α,β-unsaturated/α-hetero) is 1. The van der Waals surface area contributed by atoms with E-state index >= 15 is 0 Å². The third kappa shape index (κ3) is 7.38. The van der Waals surface area contributed by atoms with Gasteiger partial charge in [-0.3, -0.25) is 24.1 Å². The van der Waals surface area contributed by atoms with E-state index in [9.17, 15) is 24.3 Å².